The van der Waals surface area contributed by atoms with Gasteiger partial charge in [-0.15, -0.1) is 0 Å². The number of rotatable bonds is 5. The van der Waals surface area contributed by atoms with Crippen molar-refractivity contribution in [1.82, 2.24) is 19.6 Å². The summed E-state index contributed by atoms with van der Waals surface area (Å²) in [6, 6.07) is 7.85. The van der Waals surface area contributed by atoms with Gasteiger partial charge >= 0.3 is 6.18 Å². The van der Waals surface area contributed by atoms with E-state index in [4.69, 9.17) is 4.74 Å². The van der Waals surface area contributed by atoms with E-state index in [0.29, 0.717) is 23.0 Å². The fourth-order valence-corrected chi connectivity index (χ4v) is 2.31. The van der Waals surface area contributed by atoms with Crippen molar-refractivity contribution in [3.8, 4) is 0 Å². The third-order valence-electron chi connectivity index (χ3n) is 3.20. The van der Waals surface area contributed by atoms with E-state index >= 15 is 0 Å². The summed E-state index contributed by atoms with van der Waals surface area (Å²) in [4.78, 5) is 8.30. The number of hydrogen-bond acceptors (Lipinski definition) is 5. The molecule has 1 aromatic carbocycles. The van der Waals surface area contributed by atoms with Gasteiger partial charge in [0.15, 0.2) is 0 Å². The highest BCUT2D eigenvalue weighted by Crippen LogP contribution is 2.24. The molecular weight excluding hydrogens is 323 g/mol. The number of benzene rings is 1. The lowest BCUT2D eigenvalue weighted by Gasteiger charge is -2.12. The molecule has 9 heteroatoms. The molecule has 0 saturated heterocycles. The second kappa shape index (κ2) is 6.44. The minimum Gasteiger partial charge on any atom is -0.378 e. The molecule has 0 aliphatic rings. The first-order chi connectivity index (χ1) is 11.4. The highest BCUT2D eigenvalue weighted by Gasteiger charge is 2.27. The minimum atomic E-state index is -4.25. The first kappa shape index (κ1) is 16.2. The Bertz CT molecular complexity index is 846. The lowest BCUT2D eigenvalue weighted by Crippen LogP contribution is -2.11. The first-order valence-corrected chi connectivity index (χ1v) is 7.06. The molecule has 0 unspecified atom stereocenters. The Morgan fingerprint density at radius 2 is 2.08 bits per heavy atom. The molecule has 2 heterocycles. The number of aromatic nitrogens is 4. The molecule has 0 saturated carbocycles. The van der Waals surface area contributed by atoms with Gasteiger partial charge in [0.05, 0.1) is 18.7 Å². The van der Waals surface area contributed by atoms with Gasteiger partial charge in [-0.3, -0.25) is 0 Å². The van der Waals surface area contributed by atoms with Crippen molar-refractivity contribution in [2.45, 2.75) is 19.2 Å². The van der Waals surface area contributed by atoms with Crippen molar-refractivity contribution in [2.24, 2.45) is 0 Å². The molecule has 0 bridgehead atoms. The Balaban J connectivity index is 1.92. The number of nitrogens with one attached hydrogen (secondary N) is 1. The van der Waals surface area contributed by atoms with Crippen LogP contribution in [0.1, 0.15) is 11.3 Å². The molecule has 126 valence electrons. The summed E-state index contributed by atoms with van der Waals surface area (Å²) < 4.78 is 44.1. The molecule has 24 heavy (non-hydrogen) atoms. The smallest absolute Gasteiger partial charge is 0.378 e. The van der Waals surface area contributed by atoms with E-state index < -0.39 is 12.6 Å². The SMILES string of the molecule is COCc1cc(Nc2cccc(CC(F)(F)F)c2)n2ncnc2n1. The van der Waals surface area contributed by atoms with Gasteiger partial charge in [-0.25, -0.2) is 4.98 Å². The average molecular weight is 337 g/mol. The zero-order valence-electron chi connectivity index (χ0n) is 12.7. The zero-order valence-corrected chi connectivity index (χ0v) is 12.7. The van der Waals surface area contributed by atoms with Crippen LogP contribution in [0, 0.1) is 0 Å². The number of methoxy groups -OCH3 is 1. The van der Waals surface area contributed by atoms with Crippen LogP contribution in [0.15, 0.2) is 36.7 Å². The van der Waals surface area contributed by atoms with Gasteiger partial charge in [-0.05, 0) is 17.7 Å². The Hall–Kier alpha value is -2.68. The fraction of sp³-hybridized carbons (Fsp3) is 0.267. The van der Waals surface area contributed by atoms with Crippen LogP contribution < -0.4 is 5.32 Å². The summed E-state index contributed by atoms with van der Waals surface area (Å²) >= 11 is 0. The largest absolute Gasteiger partial charge is 0.393 e. The highest BCUT2D eigenvalue weighted by molar-refractivity contribution is 5.59. The molecule has 0 spiro atoms. The van der Waals surface area contributed by atoms with Crippen LogP contribution in [0.4, 0.5) is 24.7 Å². The molecule has 6 nitrogen and oxygen atoms in total. The maximum Gasteiger partial charge on any atom is 0.393 e. The van der Waals surface area contributed by atoms with Gasteiger partial charge in [-0.1, -0.05) is 12.1 Å². The molecular formula is C15H14F3N5O. The quantitative estimate of drug-likeness (QED) is 0.775. The van der Waals surface area contributed by atoms with Gasteiger partial charge in [0.2, 0.25) is 0 Å². The summed E-state index contributed by atoms with van der Waals surface area (Å²) in [5, 5.41) is 7.11. The van der Waals surface area contributed by atoms with E-state index in [-0.39, 0.29) is 12.2 Å². The number of nitrogens with zero attached hydrogens (tertiary/aromatic N) is 4. The number of ether oxygens (including phenoxy) is 1. The maximum atomic E-state index is 12.5. The van der Waals surface area contributed by atoms with E-state index in [1.807, 2.05) is 0 Å². The van der Waals surface area contributed by atoms with Crippen LogP contribution in [0.5, 0.6) is 0 Å². The van der Waals surface area contributed by atoms with E-state index in [2.05, 4.69) is 20.4 Å². The first-order valence-electron chi connectivity index (χ1n) is 7.06. The molecule has 3 rings (SSSR count). The van der Waals surface area contributed by atoms with Gasteiger partial charge in [0.25, 0.3) is 5.78 Å². The lowest BCUT2D eigenvalue weighted by atomic mass is 10.1. The van der Waals surface area contributed by atoms with E-state index in [9.17, 15) is 13.2 Å². The van der Waals surface area contributed by atoms with Crippen LogP contribution in [0.2, 0.25) is 0 Å². The second-order valence-corrected chi connectivity index (χ2v) is 5.15. The van der Waals surface area contributed by atoms with Gasteiger partial charge in [0, 0.05) is 18.9 Å². The van der Waals surface area contributed by atoms with Crippen molar-refractivity contribution >= 4 is 17.3 Å². The fourth-order valence-electron chi connectivity index (χ4n) is 2.31. The summed E-state index contributed by atoms with van der Waals surface area (Å²) in [5.41, 5.74) is 1.32. The molecule has 0 aliphatic carbocycles. The normalized spacial score (nSPS) is 11.8. The topological polar surface area (TPSA) is 64.3 Å². The summed E-state index contributed by atoms with van der Waals surface area (Å²) in [7, 11) is 1.55. The van der Waals surface area contributed by atoms with Crippen LogP contribution in [-0.2, 0) is 17.8 Å². The standard InChI is InChI=1S/C15H14F3N5O/c1-24-8-12-6-13(23-14(22-12)19-9-20-23)21-11-4-2-3-10(5-11)7-15(16,17)18/h2-6,9,21H,7-8H2,1H3. The Kier molecular flexibility index (Phi) is 4.34. The molecule has 2 aromatic heterocycles. The van der Waals surface area contributed by atoms with Gasteiger partial charge < -0.3 is 10.1 Å². The zero-order chi connectivity index (χ0) is 17.2. The van der Waals surface area contributed by atoms with Crippen LogP contribution in [-0.4, -0.2) is 32.9 Å². The summed E-state index contributed by atoms with van der Waals surface area (Å²) in [6.07, 6.45) is -3.88. The number of fused-ring (bicyclic) bond motifs is 1. The molecule has 0 aliphatic heterocycles. The molecule has 0 amide bonds. The average Bonchev–Trinajstić information content (AvgIpc) is 2.95. The van der Waals surface area contributed by atoms with E-state index in [1.54, 1.807) is 25.3 Å². The van der Waals surface area contributed by atoms with Gasteiger partial charge in [-0.2, -0.15) is 27.8 Å². The molecule has 1 N–H and O–H groups in total. The molecule has 0 atom stereocenters. The van der Waals surface area contributed by atoms with Crippen LogP contribution in [0.25, 0.3) is 5.78 Å². The van der Waals surface area contributed by atoms with Crippen LogP contribution in [0.3, 0.4) is 0 Å². The van der Waals surface area contributed by atoms with E-state index in [1.165, 1.54) is 23.0 Å². The minimum absolute atomic E-state index is 0.175. The van der Waals surface area contributed by atoms with E-state index in [0.717, 1.165) is 0 Å². The maximum absolute atomic E-state index is 12.5. The second-order valence-electron chi connectivity index (χ2n) is 5.15. The number of anilines is 2. The van der Waals surface area contributed by atoms with Crippen molar-refractivity contribution in [1.29, 1.82) is 0 Å². The molecule has 3 aromatic rings. The predicted octanol–water partition coefficient (Wildman–Crippen LogP) is 3.12. The molecule has 0 radical (unpaired) electrons. The number of halogens is 3. The summed E-state index contributed by atoms with van der Waals surface area (Å²) in [6.45, 7) is 0.284. The van der Waals surface area contributed by atoms with Crippen molar-refractivity contribution in [3.05, 3.63) is 47.9 Å². The highest BCUT2D eigenvalue weighted by atomic mass is 19.4. The molecule has 0 fully saturated rings. The summed E-state index contributed by atoms with van der Waals surface area (Å²) in [5.74, 6) is 0.909. The van der Waals surface area contributed by atoms with Crippen LogP contribution >= 0.6 is 0 Å². The lowest BCUT2D eigenvalue weighted by molar-refractivity contribution is -0.127. The Morgan fingerprint density at radius 1 is 1.25 bits per heavy atom. The van der Waals surface area contributed by atoms with Crippen molar-refractivity contribution < 1.29 is 17.9 Å². The Labute approximate surface area is 135 Å². The van der Waals surface area contributed by atoms with Gasteiger partial charge in [0.1, 0.15) is 12.1 Å². The number of hydrogen-bond donors (Lipinski definition) is 1. The predicted molar refractivity (Wildman–Crippen MR) is 81.0 cm³/mol. The third kappa shape index (κ3) is 3.80. The monoisotopic (exact) mass is 337 g/mol. The number of alkyl halides is 3. The van der Waals surface area contributed by atoms with Crippen molar-refractivity contribution in [2.75, 3.05) is 12.4 Å². The van der Waals surface area contributed by atoms with Crippen molar-refractivity contribution in [3.63, 3.8) is 0 Å². The Morgan fingerprint density at radius 3 is 2.83 bits per heavy atom. The third-order valence-corrected chi connectivity index (χ3v) is 3.20.